The number of benzene rings is 2. The Kier molecular flexibility index (Phi) is 6.13. The van der Waals surface area contributed by atoms with Crippen LogP contribution in [0.2, 0.25) is 0 Å². The van der Waals surface area contributed by atoms with Gasteiger partial charge in [-0.1, -0.05) is 6.07 Å². The number of sulfone groups is 1. The summed E-state index contributed by atoms with van der Waals surface area (Å²) in [6.07, 6.45) is 2.70. The predicted octanol–water partition coefficient (Wildman–Crippen LogP) is 3.88. The SMILES string of the molecule is CCOc1ccc(Nc2ncccc2C(=O)Nc2cccc(S(C)(=O)=O)c2)cc1. The fourth-order valence-corrected chi connectivity index (χ4v) is 3.30. The molecule has 2 N–H and O–H groups in total. The van der Waals surface area contributed by atoms with Gasteiger partial charge in [0, 0.05) is 23.8 Å². The van der Waals surface area contributed by atoms with Crippen molar-refractivity contribution in [2.24, 2.45) is 0 Å². The smallest absolute Gasteiger partial charge is 0.259 e. The second-order valence-corrected chi connectivity index (χ2v) is 8.25. The largest absolute Gasteiger partial charge is 0.494 e. The van der Waals surface area contributed by atoms with Crippen LogP contribution in [0.15, 0.2) is 71.8 Å². The zero-order valence-electron chi connectivity index (χ0n) is 16.0. The molecular formula is C21H21N3O4S. The second-order valence-electron chi connectivity index (χ2n) is 6.24. The molecule has 8 heteroatoms. The summed E-state index contributed by atoms with van der Waals surface area (Å²) in [4.78, 5) is 17.2. The van der Waals surface area contributed by atoms with Crippen LogP contribution in [0.4, 0.5) is 17.2 Å². The van der Waals surface area contributed by atoms with Crippen molar-refractivity contribution >= 4 is 32.9 Å². The van der Waals surface area contributed by atoms with Crippen LogP contribution >= 0.6 is 0 Å². The first-order valence-corrected chi connectivity index (χ1v) is 10.8. The molecule has 0 unspecified atom stereocenters. The van der Waals surface area contributed by atoms with E-state index in [1.54, 1.807) is 30.5 Å². The van der Waals surface area contributed by atoms with Crippen LogP contribution in [0, 0.1) is 0 Å². The molecule has 2 aromatic carbocycles. The molecule has 3 aromatic rings. The number of carbonyl (C=O) groups excluding carboxylic acids is 1. The van der Waals surface area contributed by atoms with Crippen molar-refractivity contribution in [3.8, 4) is 5.75 Å². The van der Waals surface area contributed by atoms with E-state index in [0.717, 1.165) is 17.7 Å². The second kappa shape index (κ2) is 8.74. The number of amides is 1. The maximum absolute atomic E-state index is 12.8. The highest BCUT2D eigenvalue weighted by atomic mass is 32.2. The third-order valence-electron chi connectivity index (χ3n) is 4.00. The third-order valence-corrected chi connectivity index (χ3v) is 5.11. The fraction of sp³-hybridized carbons (Fsp3) is 0.143. The van der Waals surface area contributed by atoms with E-state index in [1.165, 1.54) is 12.1 Å². The number of nitrogens with one attached hydrogen (secondary N) is 2. The summed E-state index contributed by atoms with van der Waals surface area (Å²) in [6, 6.07) is 16.7. The van der Waals surface area contributed by atoms with Crippen molar-refractivity contribution in [2.75, 3.05) is 23.5 Å². The Morgan fingerprint density at radius 1 is 1.03 bits per heavy atom. The van der Waals surface area contributed by atoms with Gasteiger partial charge >= 0.3 is 0 Å². The number of ether oxygens (including phenoxy) is 1. The molecule has 1 aromatic heterocycles. The Bertz CT molecular complexity index is 1110. The van der Waals surface area contributed by atoms with Gasteiger partial charge in [-0.15, -0.1) is 0 Å². The maximum atomic E-state index is 12.8. The minimum atomic E-state index is -3.37. The molecular weight excluding hydrogens is 390 g/mol. The molecule has 150 valence electrons. The highest BCUT2D eigenvalue weighted by molar-refractivity contribution is 7.90. The summed E-state index contributed by atoms with van der Waals surface area (Å²) in [5.74, 6) is 0.730. The van der Waals surface area contributed by atoms with Crippen LogP contribution in [0.3, 0.4) is 0 Å². The third kappa shape index (κ3) is 5.32. The summed E-state index contributed by atoms with van der Waals surface area (Å²) in [5, 5.41) is 5.84. The minimum Gasteiger partial charge on any atom is -0.494 e. The number of hydrogen-bond acceptors (Lipinski definition) is 6. The van der Waals surface area contributed by atoms with E-state index in [9.17, 15) is 13.2 Å². The van der Waals surface area contributed by atoms with Gasteiger partial charge in [-0.3, -0.25) is 4.79 Å². The number of hydrogen-bond donors (Lipinski definition) is 2. The zero-order valence-corrected chi connectivity index (χ0v) is 16.9. The standard InChI is InChI=1S/C21H21N3O4S/c1-3-28-17-11-9-15(10-12-17)23-20-19(8-5-13-22-20)21(25)24-16-6-4-7-18(14-16)29(2,26)27/h4-14H,3H2,1-2H3,(H,22,23)(H,24,25). The van der Waals surface area contributed by atoms with Gasteiger partial charge in [-0.25, -0.2) is 13.4 Å². The Morgan fingerprint density at radius 3 is 2.48 bits per heavy atom. The van der Waals surface area contributed by atoms with Gasteiger partial charge in [0.15, 0.2) is 9.84 Å². The highest BCUT2D eigenvalue weighted by Crippen LogP contribution is 2.23. The normalized spacial score (nSPS) is 11.0. The van der Waals surface area contributed by atoms with Crippen LogP contribution in [-0.2, 0) is 9.84 Å². The number of anilines is 3. The predicted molar refractivity (Wildman–Crippen MR) is 113 cm³/mol. The number of pyridine rings is 1. The van der Waals surface area contributed by atoms with E-state index in [2.05, 4.69) is 15.6 Å². The lowest BCUT2D eigenvalue weighted by Gasteiger charge is -2.12. The molecule has 0 radical (unpaired) electrons. The average molecular weight is 411 g/mol. The molecule has 0 spiro atoms. The first-order chi connectivity index (χ1) is 13.9. The van der Waals surface area contributed by atoms with Crippen molar-refractivity contribution in [3.63, 3.8) is 0 Å². The Labute approximate surface area is 169 Å². The van der Waals surface area contributed by atoms with Crippen molar-refractivity contribution in [2.45, 2.75) is 11.8 Å². The quantitative estimate of drug-likeness (QED) is 0.612. The molecule has 0 saturated carbocycles. The molecule has 0 atom stereocenters. The van der Waals surface area contributed by atoms with Crippen LogP contribution in [0.25, 0.3) is 0 Å². The molecule has 0 aliphatic heterocycles. The van der Waals surface area contributed by atoms with Crippen molar-refractivity contribution in [1.82, 2.24) is 4.98 Å². The van der Waals surface area contributed by atoms with Crippen LogP contribution in [-0.4, -0.2) is 32.2 Å². The van der Waals surface area contributed by atoms with Gasteiger partial charge in [-0.2, -0.15) is 0 Å². The van der Waals surface area contributed by atoms with E-state index in [-0.39, 0.29) is 4.90 Å². The summed E-state index contributed by atoms with van der Waals surface area (Å²) < 4.78 is 28.9. The van der Waals surface area contributed by atoms with Gasteiger partial charge in [-0.05, 0) is 61.5 Å². The lowest BCUT2D eigenvalue weighted by Crippen LogP contribution is -2.15. The molecule has 1 heterocycles. The average Bonchev–Trinajstić information content (AvgIpc) is 2.70. The zero-order chi connectivity index (χ0) is 20.9. The van der Waals surface area contributed by atoms with E-state index in [4.69, 9.17) is 4.74 Å². The van der Waals surface area contributed by atoms with E-state index < -0.39 is 15.7 Å². The van der Waals surface area contributed by atoms with Gasteiger partial charge in [0.05, 0.1) is 17.1 Å². The summed E-state index contributed by atoms with van der Waals surface area (Å²) in [5.41, 5.74) is 1.46. The topological polar surface area (TPSA) is 97.4 Å². The van der Waals surface area contributed by atoms with Crippen molar-refractivity contribution in [1.29, 1.82) is 0 Å². The van der Waals surface area contributed by atoms with Crippen LogP contribution in [0.5, 0.6) is 5.75 Å². The van der Waals surface area contributed by atoms with Gasteiger partial charge in [0.1, 0.15) is 11.6 Å². The minimum absolute atomic E-state index is 0.134. The van der Waals surface area contributed by atoms with E-state index in [0.29, 0.717) is 23.7 Å². The number of rotatable bonds is 7. The molecule has 3 rings (SSSR count). The maximum Gasteiger partial charge on any atom is 0.259 e. The first-order valence-electron chi connectivity index (χ1n) is 8.93. The summed E-state index contributed by atoms with van der Waals surface area (Å²) in [6.45, 7) is 2.49. The van der Waals surface area contributed by atoms with E-state index >= 15 is 0 Å². The molecule has 0 aliphatic rings. The summed E-state index contributed by atoms with van der Waals surface area (Å²) in [7, 11) is -3.37. The molecule has 29 heavy (non-hydrogen) atoms. The molecule has 0 fully saturated rings. The molecule has 0 saturated heterocycles. The van der Waals surface area contributed by atoms with Crippen LogP contribution in [0.1, 0.15) is 17.3 Å². The number of carbonyl (C=O) groups is 1. The fourth-order valence-electron chi connectivity index (χ4n) is 2.63. The molecule has 0 bridgehead atoms. The van der Waals surface area contributed by atoms with Crippen LogP contribution < -0.4 is 15.4 Å². The first kappa shape index (κ1) is 20.3. The van der Waals surface area contributed by atoms with Crippen molar-refractivity contribution in [3.05, 3.63) is 72.4 Å². The Balaban J connectivity index is 1.80. The molecule has 1 amide bonds. The van der Waals surface area contributed by atoms with E-state index in [1.807, 2.05) is 31.2 Å². The molecule has 0 aliphatic carbocycles. The van der Waals surface area contributed by atoms with Crippen molar-refractivity contribution < 1.29 is 17.9 Å². The summed E-state index contributed by atoms with van der Waals surface area (Å²) >= 11 is 0. The Hall–Kier alpha value is -3.39. The highest BCUT2D eigenvalue weighted by Gasteiger charge is 2.14. The lowest BCUT2D eigenvalue weighted by molar-refractivity contribution is 0.102. The monoisotopic (exact) mass is 411 g/mol. The number of nitrogens with zero attached hydrogens (tertiary/aromatic N) is 1. The van der Waals surface area contributed by atoms with Gasteiger partial charge < -0.3 is 15.4 Å². The Morgan fingerprint density at radius 2 is 1.79 bits per heavy atom. The lowest BCUT2D eigenvalue weighted by atomic mass is 10.2. The molecule has 7 nitrogen and oxygen atoms in total. The number of aromatic nitrogens is 1. The van der Waals surface area contributed by atoms with Gasteiger partial charge in [0.2, 0.25) is 0 Å². The van der Waals surface area contributed by atoms with Gasteiger partial charge in [0.25, 0.3) is 5.91 Å².